The number of carboxylic acid groups (broad SMARTS) is 1. The molecule has 13 heteroatoms. The van der Waals surface area contributed by atoms with E-state index in [1.54, 1.807) is 25.1 Å². The molecule has 2 aromatic carbocycles. The van der Waals surface area contributed by atoms with E-state index in [1.807, 2.05) is 19.1 Å². The van der Waals surface area contributed by atoms with Crippen molar-refractivity contribution in [2.45, 2.75) is 33.9 Å². The second-order valence-corrected chi connectivity index (χ2v) is 8.16. The number of fused-ring (bicyclic) bond motifs is 1. The number of aromatic carboxylic acids is 1. The fraction of sp³-hybridized carbons (Fsp3) is 0.231. The van der Waals surface area contributed by atoms with E-state index >= 15 is 0 Å². The number of carbonyl (C=O) groups is 3. The third-order valence-corrected chi connectivity index (χ3v) is 5.33. The molecule has 0 unspecified atom stereocenters. The standard InChI is InChI=1S/C15H12FN5O4.C10H13NO2.CH4/c1-7-4-8(2-3-9(7)16)6-17-12(22)10-5-11(13(23)24)21-14(18-10)19-15(25)20-21;1-7(11)8-3-5-9(6-4-8)10(12)13-2;/h2-5H,6H2,1H3,(H,17,22)(H,20,25)(H,23,24);3-7H,11H2,1-2H3;1H4/t;7-;/m.1./s1. The van der Waals surface area contributed by atoms with Gasteiger partial charge in [0.05, 0.1) is 12.7 Å². The van der Waals surface area contributed by atoms with E-state index in [9.17, 15) is 28.7 Å². The lowest BCUT2D eigenvalue weighted by Gasteiger charge is -2.07. The van der Waals surface area contributed by atoms with Crippen molar-refractivity contribution in [1.82, 2.24) is 24.9 Å². The number of methoxy groups -OCH3 is 1. The SMILES string of the molecule is C.COC(=O)c1ccc([C@@H](C)N)cc1.Cc1cc(CNC(=O)c2cc(C(=O)O)n3[nH]c(=O)nc3n2)ccc1F. The molecule has 0 aliphatic carbocycles. The van der Waals surface area contributed by atoms with E-state index in [1.165, 1.54) is 19.2 Å². The van der Waals surface area contributed by atoms with Gasteiger partial charge >= 0.3 is 17.6 Å². The summed E-state index contributed by atoms with van der Waals surface area (Å²) in [5.41, 5.74) is 6.97. The molecule has 4 rings (SSSR count). The van der Waals surface area contributed by atoms with Crippen molar-refractivity contribution in [3.63, 3.8) is 0 Å². The molecule has 0 saturated carbocycles. The molecule has 0 saturated heterocycles. The maximum absolute atomic E-state index is 13.2. The van der Waals surface area contributed by atoms with Gasteiger partial charge < -0.3 is 20.9 Å². The smallest absolute Gasteiger partial charge is 0.363 e. The number of hydrogen-bond acceptors (Lipinski definition) is 8. The number of hydrogen-bond donors (Lipinski definition) is 4. The second-order valence-electron chi connectivity index (χ2n) is 8.16. The van der Waals surface area contributed by atoms with Gasteiger partial charge in [0.15, 0.2) is 5.69 Å². The Labute approximate surface area is 222 Å². The first-order chi connectivity index (χ1) is 18.0. The number of H-pyrrole nitrogens is 1. The van der Waals surface area contributed by atoms with Crippen LogP contribution in [0.1, 0.15) is 68.4 Å². The largest absolute Gasteiger partial charge is 0.477 e. The number of benzene rings is 2. The first-order valence-electron chi connectivity index (χ1n) is 11.2. The molecule has 0 fully saturated rings. The fourth-order valence-electron chi connectivity index (χ4n) is 3.29. The number of nitrogens with zero attached hydrogens (tertiary/aromatic N) is 3. The Morgan fingerprint density at radius 1 is 1.15 bits per heavy atom. The molecule has 2 aromatic heterocycles. The van der Waals surface area contributed by atoms with Gasteiger partial charge in [-0.25, -0.2) is 33.4 Å². The number of rotatable bonds is 6. The van der Waals surface area contributed by atoms with Gasteiger partial charge in [-0.1, -0.05) is 31.7 Å². The maximum atomic E-state index is 13.2. The van der Waals surface area contributed by atoms with Crippen LogP contribution < -0.4 is 16.7 Å². The van der Waals surface area contributed by atoms with Gasteiger partial charge in [0.25, 0.3) is 11.7 Å². The topological polar surface area (TPSA) is 182 Å². The molecule has 2 heterocycles. The highest BCUT2D eigenvalue weighted by atomic mass is 19.1. The minimum Gasteiger partial charge on any atom is -0.477 e. The van der Waals surface area contributed by atoms with Crippen LogP contribution in [0.2, 0.25) is 0 Å². The quantitative estimate of drug-likeness (QED) is 0.267. The van der Waals surface area contributed by atoms with E-state index in [0.717, 1.165) is 16.1 Å². The summed E-state index contributed by atoms with van der Waals surface area (Å²) >= 11 is 0. The van der Waals surface area contributed by atoms with E-state index in [0.29, 0.717) is 16.7 Å². The van der Waals surface area contributed by atoms with E-state index in [2.05, 4.69) is 25.1 Å². The molecule has 5 N–H and O–H groups in total. The summed E-state index contributed by atoms with van der Waals surface area (Å²) < 4.78 is 18.7. The van der Waals surface area contributed by atoms with Gasteiger partial charge in [0.1, 0.15) is 11.5 Å². The third kappa shape index (κ3) is 7.55. The van der Waals surface area contributed by atoms with Gasteiger partial charge in [-0.2, -0.15) is 4.98 Å². The van der Waals surface area contributed by atoms with Crippen molar-refractivity contribution < 1.29 is 28.6 Å². The first-order valence-corrected chi connectivity index (χ1v) is 11.2. The van der Waals surface area contributed by atoms with Crippen LogP contribution >= 0.6 is 0 Å². The summed E-state index contributed by atoms with van der Waals surface area (Å²) in [6.45, 7) is 3.60. The lowest BCUT2D eigenvalue weighted by atomic mass is 10.1. The van der Waals surface area contributed by atoms with Gasteiger partial charge in [-0.05, 0) is 48.7 Å². The number of halogens is 1. The molecule has 4 aromatic rings. The van der Waals surface area contributed by atoms with E-state index in [-0.39, 0.29) is 49.0 Å². The average molecular weight is 541 g/mol. The Kier molecular flexibility index (Phi) is 10.1. The first kappa shape index (κ1) is 30.3. The zero-order valence-electron chi connectivity index (χ0n) is 20.7. The van der Waals surface area contributed by atoms with E-state index in [4.69, 9.17) is 5.73 Å². The molecule has 1 amide bonds. The van der Waals surface area contributed by atoms with Crippen LogP contribution in [0.5, 0.6) is 0 Å². The minimum atomic E-state index is -1.36. The van der Waals surface area contributed by atoms with Crippen LogP contribution in [0, 0.1) is 12.7 Å². The summed E-state index contributed by atoms with van der Waals surface area (Å²) in [5.74, 6) is -2.91. The van der Waals surface area contributed by atoms with Crippen LogP contribution in [0.25, 0.3) is 5.78 Å². The van der Waals surface area contributed by atoms with Crippen molar-refractivity contribution in [3.05, 3.63) is 98.5 Å². The third-order valence-electron chi connectivity index (χ3n) is 5.33. The van der Waals surface area contributed by atoms with Crippen LogP contribution in [-0.4, -0.2) is 49.6 Å². The fourth-order valence-corrected chi connectivity index (χ4v) is 3.29. The monoisotopic (exact) mass is 540 g/mol. The lowest BCUT2D eigenvalue weighted by molar-refractivity contribution is 0.0599. The average Bonchev–Trinajstić information content (AvgIpc) is 3.28. The number of aryl methyl sites for hydroxylation is 1. The van der Waals surface area contributed by atoms with Crippen molar-refractivity contribution in [2.75, 3.05) is 7.11 Å². The van der Waals surface area contributed by atoms with Crippen molar-refractivity contribution >= 4 is 23.6 Å². The number of carbonyl (C=O) groups excluding carboxylic acids is 2. The zero-order chi connectivity index (χ0) is 28.0. The second kappa shape index (κ2) is 13.1. The Bertz CT molecular complexity index is 1550. The molecule has 206 valence electrons. The number of esters is 1. The predicted octanol–water partition coefficient (Wildman–Crippen LogP) is 2.62. The Balaban J connectivity index is 0.000000324. The molecule has 0 aliphatic heterocycles. The number of carboxylic acids is 1. The van der Waals surface area contributed by atoms with Gasteiger partial charge in [0, 0.05) is 18.7 Å². The molecule has 12 nitrogen and oxygen atoms in total. The number of amides is 1. The number of aromatic nitrogens is 4. The zero-order valence-corrected chi connectivity index (χ0v) is 20.7. The molecule has 39 heavy (non-hydrogen) atoms. The van der Waals surface area contributed by atoms with Crippen molar-refractivity contribution in [3.8, 4) is 0 Å². The van der Waals surface area contributed by atoms with Crippen LogP contribution in [-0.2, 0) is 11.3 Å². The summed E-state index contributed by atoms with van der Waals surface area (Å²) in [5, 5.41) is 13.9. The van der Waals surface area contributed by atoms with Crippen molar-refractivity contribution in [2.24, 2.45) is 5.73 Å². The molecular weight excluding hydrogens is 511 g/mol. The Hall–Kier alpha value is -4.91. The Morgan fingerprint density at radius 2 is 1.82 bits per heavy atom. The summed E-state index contributed by atoms with van der Waals surface area (Å²) in [6, 6.07) is 12.5. The summed E-state index contributed by atoms with van der Waals surface area (Å²) in [7, 11) is 1.36. The maximum Gasteiger partial charge on any atom is 0.363 e. The van der Waals surface area contributed by atoms with Crippen molar-refractivity contribution in [1.29, 1.82) is 0 Å². The molecule has 0 spiro atoms. The highest BCUT2D eigenvalue weighted by Gasteiger charge is 2.18. The highest BCUT2D eigenvalue weighted by molar-refractivity contribution is 5.95. The summed E-state index contributed by atoms with van der Waals surface area (Å²) in [6.07, 6.45) is 0. The van der Waals surface area contributed by atoms with Crippen LogP contribution in [0.3, 0.4) is 0 Å². The summed E-state index contributed by atoms with van der Waals surface area (Å²) in [4.78, 5) is 53.2. The number of aromatic amines is 1. The van der Waals surface area contributed by atoms with Gasteiger partial charge in [0.2, 0.25) is 0 Å². The highest BCUT2D eigenvalue weighted by Crippen LogP contribution is 2.12. The lowest BCUT2D eigenvalue weighted by Crippen LogP contribution is -2.25. The number of nitrogens with one attached hydrogen (secondary N) is 2. The predicted molar refractivity (Wildman–Crippen MR) is 140 cm³/mol. The van der Waals surface area contributed by atoms with Crippen LogP contribution in [0.15, 0.2) is 53.3 Å². The minimum absolute atomic E-state index is 0. The van der Waals surface area contributed by atoms with Gasteiger partial charge in [-0.15, -0.1) is 0 Å². The molecule has 1 atom stereocenters. The molecule has 0 bridgehead atoms. The molecule has 0 radical (unpaired) electrons. The normalized spacial score (nSPS) is 11.0. The number of nitrogens with two attached hydrogens (primary N) is 1. The van der Waals surface area contributed by atoms with Crippen LogP contribution in [0.4, 0.5) is 4.39 Å². The van der Waals surface area contributed by atoms with Gasteiger partial charge in [-0.3, -0.25) is 4.79 Å². The Morgan fingerprint density at radius 3 is 2.38 bits per heavy atom. The van der Waals surface area contributed by atoms with E-state index < -0.39 is 17.6 Å². The molecule has 0 aliphatic rings. The molecular formula is C26H29FN6O6. The number of ether oxygens (including phenoxy) is 1.